The van der Waals surface area contributed by atoms with E-state index in [0.717, 1.165) is 18.5 Å². The first kappa shape index (κ1) is 14.9. The highest BCUT2D eigenvalue weighted by atomic mass is 16.6. The van der Waals surface area contributed by atoms with Crippen LogP contribution in [0.3, 0.4) is 0 Å². The highest BCUT2D eigenvalue weighted by Crippen LogP contribution is 2.55. The van der Waals surface area contributed by atoms with Crippen molar-refractivity contribution in [2.75, 3.05) is 25.1 Å². The first-order chi connectivity index (χ1) is 11.0. The van der Waals surface area contributed by atoms with E-state index >= 15 is 0 Å². The monoisotopic (exact) mass is 318 g/mol. The molecule has 3 heterocycles. The molecule has 124 valence electrons. The summed E-state index contributed by atoms with van der Waals surface area (Å²) in [4.78, 5) is 14.3. The summed E-state index contributed by atoms with van der Waals surface area (Å²) >= 11 is 0. The number of hydrogen-bond donors (Lipinski definition) is 1. The summed E-state index contributed by atoms with van der Waals surface area (Å²) in [6, 6.07) is 9.28. The van der Waals surface area contributed by atoms with Crippen LogP contribution in [0, 0.1) is 0 Å². The van der Waals surface area contributed by atoms with E-state index in [1.807, 2.05) is 30.3 Å². The third-order valence-corrected chi connectivity index (χ3v) is 5.27. The Bertz CT molecular complexity index is 600. The molecule has 3 atom stereocenters. The van der Waals surface area contributed by atoms with Crippen LogP contribution in [-0.2, 0) is 14.2 Å². The van der Waals surface area contributed by atoms with E-state index in [1.54, 1.807) is 0 Å². The lowest BCUT2D eigenvalue weighted by Gasteiger charge is -2.37. The fraction of sp³-hybridized carbons (Fsp3) is 0.588. The maximum absolute atomic E-state index is 12.1. The molecule has 0 bridgehead atoms. The van der Waals surface area contributed by atoms with Gasteiger partial charge in [0, 0.05) is 5.69 Å². The summed E-state index contributed by atoms with van der Waals surface area (Å²) in [5.41, 5.74) is -0.292. The van der Waals surface area contributed by atoms with Crippen LogP contribution in [0.5, 0.6) is 0 Å². The molecular weight excluding hydrogens is 296 g/mol. The maximum atomic E-state index is 12.1. The minimum Gasteiger partial charge on any atom is -0.447 e. The van der Waals surface area contributed by atoms with Crippen molar-refractivity contribution in [3.8, 4) is 0 Å². The molecule has 3 fully saturated rings. The average molecular weight is 318 g/mol. The van der Waals surface area contributed by atoms with Crippen LogP contribution >= 0.6 is 0 Å². The molecule has 3 aliphatic rings. The molecule has 3 saturated heterocycles. The zero-order chi connectivity index (χ0) is 16.1. The van der Waals surface area contributed by atoms with Crippen molar-refractivity contribution >= 4 is 11.8 Å². The van der Waals surface area contributed by atoms with Gasteiger partial charge in [0.15, 0.2) is 0 Å². The normalized spacial score (nSPS) is 38.5. The second-order valence-corrected chi connectivity index (χ2v) is 7.05. The lowest BCUT2D eigenvalue weighted by molar-refractivity contribution is -0.125. The Hall–Kier alpha value is -1.63. The van der Waals surface area contributed by atoms with E-state index in [4.69, 9.17) is 14.2 Å². The van der Waals surface area contributed by atoms with Gasteiger partial charge in [0.25, 0.3) is 0 Å². The zero-order valence-electron chi connectivity index (χ0n) is 13.5. The summed E-state index contributed by atoms with van der Waals surface area (Å²) in [7, 11) is 0. The predicted octanol–water partition coefficient (Wildman–Crippen LogP) is 2.56. The first-order valence-electron chi connectivity index (χ1n) is 8.03. The third-order valence-electron chi connectivity index (χ3n) is 5.27. The Kier molecular flexibility index (Phi) is 3.20. The Morgan fingerprint density at radius 2 is 1.78 bits per heavy atom. The Morgan fingerprint density at radius 1 is 1.17 bits per heavy atom. The number of benzene rings is 1. The summed E-state index contributed by atoms with van der Waals surface area (Å²) in [5, 5.41) is 2.74. The van der Waals surface area contributed by atoms with Gasteiger partial charge >= 0.3 is 6.09 Å². The maximum Gasteiger partial charge on any atom is 0.411 e. The molecule has 6 nitrogen and oxygen atoms in total. The van der Waals surface area contributed by atoms with Gasteiger partial charge in [0.2, 0.25) is 0 Å². The van der Waals surface area contributed by atoms with E-state index in [-0.39, 0.29) is 23.6 Å². The van der Waals surface area contributed by atoms with Crippen molar-refractivity contribution in [1.29, 1.82) is 0 Å². The van der Waals surface area contributed by atoms with Crippen LogP contribution in [0.25, 0.3) is 0 Å². The van der Waals surface area contributed by atoms with Crippen LogP contribution in [0.15, 0.2) is 30.3 Å². The topological polar surface area (TPSA) is 60.0 Å². The molecule has 1 amide bonds. The number of nitrogens with one attached hydrogen (secondary N) is 1. The lowest BCUT2D eigenvalue weighted by Crippen LogP contribution is -2.56. The summed E-state index contributed by atoms with van der Waals surface area (Å²) in [5.74, 6) is 0. The van der Waals surface area contributed by atoms with Gasteiger partial charge in [0.1, 0.15) is 23.6 Å². The molecule has 1 aromatic carbocycles. The minimum absolute atomic E-state index is 0.261. The predicted molar refractivity (Wildman–Crippen MR) is 83.9 cm³/mol. The number of amides is 1. The van der Waals surface area contributed by atoms with E-state index in [2.05, 4.69) is 24.1 Å². The third kappa shape index (κ3) is 2.24. The average Bonchev–Trinajstić information content (AvgIpc) is 3.11. The lowest BCUT2D eigenvalue weighted by atomic mass is 10.0. The molecule has 1 aromatic rings. The Labute approximate surface area is 135 Å². The molecule has 1 N–H and O–H groups in total. The number of carbonyl (C=O) groups excluding carboxylic acids is 1. The molecule has 0 spiro atoms. The van der Waals surface area contributed by atoms with Crippen LogP contribution < -0.4 is 5.32 Å². The molecule has 1 unspecified atom stereocenters. The fourth-order valence-corrected chi connectivity index (χ4v) is 4.24. The van der Waals surface area contributed by atoms with Gasteiger partial charge in [-0.1, -0.05) is 18.2 Å². The molecule has 4 rings (SSSR count). The number of ether oxygens (including phenoxy) is 3. The van der Waals surface area contributed by atoms with Gasteiger partial charge < -0.3 is 14.2 Å². The van der Waals surface area contributed by atoms with Crippen LogP contribution in [-0.4, -0.2) is 47.8 Å². The van der Waals surface area contributed by atoms with Crippen molar-refractivity contribution in [2.45, 2.75) is 43.7 Å². The van der Waals surface area contributed by atoms with E-state index in [0.29, 0.717) is 13.2 Å². The highest BCUT2D eigenvalue weighted by Gasteiger charge is 2.69. The van der Waals surface area contributed by atoms with Gasteiger partial charge in [-0.15, -0.1) is 0 Å². The standard InChI is InChI=1S/C17H22N2O4/c1-15-8-9-16(2)19(15)17(11-22-15,12-23-16)10-21-14(20)18-13-6-4-3-5-7-13/h3-7H,8-12H2,1-2H3,(H,18,20)/t15-,16+,17?. The van der Waals surface area contributed by atoms with Crippen molar-refractivity contribution in [3.63, 3.8) is 0 Å². The fourth-order valence-electron chi connectivity index (χ4n) is 4.24. The molecule has 0 saturated carbocycles. The molecule has 23 heavy (non-hydrogen) atoms. The number of hydrogen-bond acceptors (Lipinski definition) is 5. The van der Waals surface area contributed by atoms with E-state index in [1.165, 1.54) is 0 Å². The molecule has 3 aliphatic heterocycles. The molecule has 0 aromatic heterocycles. The zero-order valence-corrected chi connectivity index (χ0v) is 13.5. The molecule has 0 radical (unpaired) electrons. The van der Waals surface area contributed by atoms with Gasteiger partial charge in [-0.2, -0.15) is 0 Å². The smallest absolute Gasteiger partial charge is 0.411 e. The second kappa shape index (κ2) is 4.93. The van der Waals surface area contributed by atoms with Crippen molar-refractivity contribution < 1.29 is 19.0 Å². The Morgan fingerprint density at radius 3 is 2.39 bits per heavy atom. The first-order valence-corrected chi connectivity index (χ1v) is 8.03. The van der Waals surface area contributed by atoms with Gasteiger partial charge in [-0.25, -0.2) is 9.69 Å². The highest BCUT2D eigenvalue weighted by molar-refractivity contribution is 5.84. The summed E-state index contributed by atoms with van der Waals surface area (Å²) in [6.45, 7) is 5.50. The number of carbonyl (C=O) groups is 1. The van der Waals surface area contributed by atoms with Crippen LogP contribution in [0.1, 0.15) is 26.7 Å². The van der Waals surface area contributed by atoms with Gasteiger partial charge in [-0.05, 0) is 38.8 Å². The second-order valence-electron chi connectivity index (χ2n) is 7.05. The van der Waals surface area contributed by atoms with E-state index in [9.17, 15) is 4.79 Å². The van der Waals surface area contributed by atoms with Crippen LogP contribution in [0.2, 0.25) is 0 Å². The van der Waals surface area contributed by atoms with Crippen LogP contribution in [0.4, 0.5) is 10.5 Å². The largest absolute Gasteiger partial charge is 0.447 e. The van der Waals surface area contributed by atoms with Gasteiger partial charge in [-0.3, -0.25) is 5.32 Å². The van der Waals surface area contributed by atoms with Crippen molar-refractivity contribution in [1.82, 2.24) is 4.90 Å². The SMILES string of the molecule is C[C@]12CC[C@]3(C)OCC(COC(=O)Nc4ccccc4)(CO1)N23. The quantitative estimate of drug-likeness (QED) is 0.928. The Balaban J connectivity index is 1.44. The minimum atomic E-state index is -0.452. The molecule has 0 aliphatic carbocycles. The van der Waals surface area contributed by atoms with E-state index < -0.39 is 6.09 Å². The number of anilines is 1. The molecule has 6 heteroatoms. The number of para-hydroxylation sites is 1. The molecular formula is C17H22N2O4. The summed E-state index contributed by atoms with van der Waals surface area (Å²) < 4.78 is 17.6. The number of nitrogens with zero attached hydrogens (tertiary/aromatic N) is 1. The summed E-state index contributed by atoms with van der Waals surface area (Å²) in [6.07, 6.45) is 1.41. The van der Waals surface area contributed by atoms with Crippen molar-refractivity contribution in [3.05, 3.63) is 30.3 Å². The van der Waals surface area contributed by atoms with Crippen molar-refractivity contribution in [2.24, 2.45) is 0 Å². The number of rotatable bonds is 3. The van der Waals surface area contributed by atoms with Gasteiger partial charge in [0.05, 0.1) is 13.2 Å².